The van der Waals surface area contributed by atoms with Gasteiger partial charge in [-0.1, -0.05) is 67.0 Å². The molecule has 0 spiro atoms. The zero-order chi connectivity index (χ0) is 21.7. The first-order valence-corrected chi connectivity index (χ1v) is 11.4. The highest BCUT2D eigenvalue weighted by atomic mass is 35.5. The molecule has 0 saturated carbocycles. The lowest BCUT2D eigenvalue weighted by atomic mass is 10.0. The molecule has 1 amide bonds. The van der Waals surface area contributed by atoms with Gasteiger partial charge in [0.15, 0.2) is 11.0 Å². The molecule has 7 heteroatoms. The number of aryl methyl sites for hydroxylation is 1. The minimum absolute atomic E-state index is 0.0987. The molecule has 0 aliphatic heterocycles. The largest absolute Gasteiger partial charge is 0.342 e. The average Bonchev–Trinajstić information content (AvgIpc) is 3.13. The van der Waals surface area contributed by atoms with Crippen LogP contribution in [0.3, 0.4) is 0 Å². The first-order valence-electron chi connectivity index (χ1n) is 10.1. The number of nitrogens with one attached hydrogen (secondary N) is 1. The number of carbonyl (C=O) groups excluding carboxylic acids is 1. The van der Waals surface area contributed by atoms with E-state index >= 15 is 0 Å². The highest BCUT2D eigenvalue weighted by molar-refractivity contribution is 7.98. The van der Waals surface area contributed by atoms with E-state index < -0.39 is 0 Å². The molecule has 5 nitrogen and oxygen atoms in total. The molecular weight excluding hydrogens is 416 g/mol. The topological polar surface area (TPSA) is 59.8 Å². The second-order valence-electron chi connectivity index (χ2n) is 7.56. The molecule has 3 aromatic rings. The molecule has 1 heterocycles. The Labute approximate surface area is 187 Å². The molecule has 2 aromatic carbocycles. The van der Waals surface area contributed by atoms with Crippen LogP contribution in [0.15, 0.2) is 53.7 Å². The average molecular weight is 443 g/mol. The van der Waals surface area contributed by atoms with Crippen molar-refractivity contribution in [3.63, 3.8) is 0 Å². The van der Waals surface area contributed by atoms with Gasteiger partial charge in [0, 0.05) is 22.9 Å². The van der Waals surface area contributed by atoms with Crippen LogP contribution in [0, 0.1) is 12.8 Å². The first kappa shape index (κ1) is 22.4. The van der Waals surface area contributed by atoms with Gasteiger partial charge >= 0.3 is 0 Å². The van der Waals surface area contributed by atoms with Crippen LogP contribution < -0.4 is 5.32 Å². The van der Waals surface area contributed by atoms with Crippen molar-refractivity contribution in [2.75, 3.05) is 0 Å². The van der Waals surface area contributed by atoms with E-state index in [9.17, 15) is 4.79 Å². The molecule has 0 aliphatic carbocycles. The van der Waals surface area contributed by atoms with Crippen molar-refractivity contribution < 1.29 is 4.79 Å². The van der Waals surface area contributed by atoms with Gasteiger partial charge in [-0.3, -0.25) is 4.79 Å². The lowest BCUT2D eigenvalue weighted by Crippen LogP contribution is -2.33. The van der Waals surface area contributed by atoms with Crippen molar-refractivity contribution in [1.82, 2.24) is 20.1 Å². The number of thioether (sulfide) groups is 1. The quantitative estimate of drug-likeness (QED) is 0.456. The maximum absolute atomic E-state index is 12.8. The molecule has 1 N–H and O–H groups in total. The molecule has 0 bridgehead atoms. The minimum Gasteiger partial charge on any atom is -0.342 e. The Morgan fingerprint density at radius 1 is 1.17 bits per heavy atom. The van der Waals surface area contributed by atoms with Crippen molar-refractivity contribution in [2.45, 2.75) is 51.2 Å². The van der Waals surface area contributed by atoms with E-state index in [0.29, 0.717) is 5.56 Å². The first-order chi connectivity index (χ1) is 14.4. The summed E-state index contributed by atoms with van der Waals surface area (Å²) in [4.78, 5) is 12.8. The predicted molar refractivity (Wildman–Crippen MR) is 123 cm³/mol. The smallest absolute Gasteiger partial charge is 0.251 e. The number of amides is 1. The molecule has 158 valence electrons. The molecule has 1 atom stereocenters. The summed E-state index contributed by atoms with van der Waals surface area (Å²) in [7, 11) is 0. The van der Waals surface area contributed by atoms with Crippen LogP contribution >= 0.6 is 23.4 Å². The van der Waals surface area contributed by atoms with Crippen LogP contribution in [0.2, 0.25) is 5.02 Å². The minimum atomic E-state index is -0.227. The number of hydrogen-bond donors (Lipinski definition) is 1. The Hall–Kier alpha value is -2.31. The van der Waals surface area contributed by atoms with Crippen LogP contribution in [0.25, 0.3) is 0 Å². The van der Waals surface area contributed by atoms with E-state index in [4.69, 9.17) is 11.6 Å². The van der Waals surface area contributed by atoms with Gasteiger partial charge in [-0.25, -0.2) is 0 Å². The third-order valence-corrected chi connectivity index (χ3v) is 6.14. The normalized spacial score (nSPS) is 12.2. The van der Waals surface area contributed by atoms with Gasteiger partial charge in [0.1, 0.15) is 0 Å². The second kappa shape index (κ2) is 10.1. The van der Waals surface area contributed by atoms with Crippen molar-refractivity contribution >= 4 is 29.3 Å². The Balaban J connectivity index is 1.79. The molecule has 0 fully saturated rings. The van der Waals surface area contributed by atoms with E-state index in [0.717, 1.165) is 33.9 Å². The Bertz CT molecular complexity index is 1000. The van der Waals surface area contributed by atoms with Crippen LogP contribution in [-0.4, -0.2) is 20.7 Å². The van der Waals surface area contributed by atoms with Crippen LogP contribution in [0.4, 0.5) is 0 Å². The maximum atomic E-state index is 12.8. The summed E-state index contributed by atoms with van der Waals surface area (Å²) in [6.07, 6.45) is 0. The summed E-state index contributed by atoms with van der Waals surface area (Å²) in [5.74, 6) is 1.63. The number of aromatic nitrogens is 3. The number of carbonyl (C=O) groups is 1. The molecule has 0 saturated heterocycles. The third kappa shape index (κ3) is 5.43. The highest BCUT2D eigenvalue weighted by Gasteiger charge is 2.26. The van der Waals surface area contributed by atoms with Gasteiger partial charge in [0.2, 0.25) is 0 Å². The Morgan fingerprint density at radius 2 is 1.90 bits per heavy atom. The third-order valence-electron chi connectivity index (χ3n) is 4.85. The van der Waals surface area contributed by atoms with Gasteiger partial charge in [0.05, 0.1) is 6.04 Å². The number of rotatable bonds is 8. The Kier molecular flexibility index (Phi) is 7.56. The number of halogens is 1. The molecule has 30 heavy (non-hydrogen) atoms. The molecular formula is C23H27ClN4OS. The van der Waals surface area contributed by atoms with Crippen LogP contribution in [0.5, 0.6) is 0 Å². The highest BCUT2D eigenvalue weighted by Crippen LogP contribution is 2.27. The number of benzene rings is 2. The van der Waals surface area contributed by atoms with E-state index in [1.165, 1.54) is 5.56 Å². The predicted octanol–water partition coefficient (Wildman–Crippen LogP) is 5.68. The summed E-state index contributed by atoms with van der Waals surface area (Å²) in [5, 5.41) is 13.6. The summed E-state index contributed by atoms with van der Waals surface area (Å²) in [6, 6.07) is 15.2. The van der Waals surface area contributed by atoms with Crippen LogP contribution in [0.1, 0.15) is 54.1 Å². The van der Waals surface area contributed by atoms with Crippen molar-refractivity contribution in [2.24, 2.45) is 5.92 Å². The van der Waals surface area contributed by atoms with Gasteiger partial charge in [-0.05, 0) is 49.6 Å². The van der Waals surface area contributed by atoms with E-state index in [2.05, 4.69) is 40.9 Å². The standard InChI is InChI=1S/C23H27ClN4OS/c1-5-28-21(26-27-23(28)30-14-17-9-11-19(24)12-10-17)20(15(2)3)25-22(29)18-8-6-7-16(4)13-18/h6-13,15,20H,5,14H2,1-4H3,(H,25,29)/t20-/m1/s1. The lowest BCUT2D eigenvalue weighted by Gasteiger charge is -2.22. The van der Waals surface area contributed by atoms with Gasteiger partial charge in [-0.2, -0.15) is 0 Å². The Morgan fingerprint density at radius 3 is 2.53 bits per heavy atom. The maximum Gasteiger partial charge on any atom is 0.251 e. The summed E-state index contributed by atoms with van der Waals surface area (Å²) in [6.45, 7) is 8.94. The lowest BCUT2D eigenvalue weighted by molar-refractivity contribution is 0.0921. The zero-order valence-corrected chi connectivity index (χ0v) is 19.3. The molecule has 0 unspecified atom stereocenters. The molecule has 3 rings (SSSR count). The molecule has 0 radical (unpaired) electrons. The van der Waals surface area contributed by atoms with Crippen molar-refractivity contribution in [1.29, 1.82) is 0 Å². The fourth-order valence-electron chi connectivity index (χ4n) is 3.20. The fraction of sp³-hybridized carbons (Fsp3) is 0.348. The zero-order valence-electron chi connectivity index (χ0n) is 17.7. The number of nitrogens with zero attached hydrogens (tertiary/aromatic N) is 3. The molecule has 1 aromatic heterocycles. The SMILES string of the molecule is CCn1c(SCc2ccc(Cl)cc2)nnc1[C@H](NC(=O)c1cccc(C)c1)C(C)C. The summed E-state index contributed by atoms with van der Waals surface area (Å²) in [5.41, 5.74) is 2.88. The molecule has 0 aliphatic rings. The van der Waals surface area contributed by atoms with Crippen molar-refractivity contribution in [3.8, 4) is 0 Å². The monoisotopic (exact) mass is 442 g/mol. The van der Waals surface area contributed by atoms with Gasteiger partial charge < -0.3 is 9.88 Å². The van der Waals surface area contributed by atoms with Gasteiger partial charge in [-0.15, -0.1) is 10.2 Å². The van der Waals surface area contributed by atoms with Crippen molar-refractivity contribution in [3.05, 3.63) is 76.1 Å². The fourth-order valence-corrected chi connectivity index (χ4v) is 4.29. The number of hydrogen-bond acceptors (Lipinski definition) is 4. The van der Waals surface area contributed by atoms with Gasteiger partial charge in [0.25, 0.3) is 5.91 Å². The summed E-state index contributed by atoms with van der Waals surface area (Å²) < 4.78 is 2.09. The van der Waals surface area contributed by atoms with E-state index in [1.807, 2.05) is 55.5 Å². The summed E-state index contributed by atoms with van der Waals surface area (Å²) >= 11 is 7.60. The second-order valence-corrected chi connectivity index (χ2v) is 8.94. The van der Waals surface area contributed by atoms with E-state index in [1.54, 1.807) is 11.8 Å². The van der Waals surface area contributed by atoms with E-state index in [-0.39, 0.29) is 17.9 Å². The van der Waals surface area contributed by atoms with Crippen LogP contribution in [-0.2, 0) is 12.3 Å².